The number of ether oxygens (including phenoxy) is 1. The molecule has 0 spiro atoms. The van der Waals surface area contributed by atoms with Gasteiger partial charge in [-0.25, -0.2) is 14.4 Å². The van der Waals surface area contributed by atoms with Crippen molar-refractivity contribution < 1.29 is 14.3 Å². The second-order valence-electron chi connectivity index (χ2n) is 7.38. The van der Waals surface area contributed by atoms with E-state index >= 15 is 0 Å². The van der Waals surface area contributed by atoms with Crippen LogP contribution in [0.25, 0.3) is 10.9 Å². The summed E-state index contributed by atoms with van der Waals surface area (Å²) in [5.41, 5.74) is 0.387. The zero-order valence-corrected chi connectivity index (χ0v) is 16.7. The molecule has 9 nitrogen and oxygen atoms in total. The molecule has 0 atom stereocenters. The maximum atomic E-state index is 12.5. The number of nitrogens with zero attached hydrogens (tertiary/aromatic N) is 1. The van der Waals surface area contributed by atoms with Gasteiger partial charge in [-0.1, -0.05) is 18.2 Å². The van der Waals surface area contributed by atoms with Gasteiger partial charge in [0, 0.05) is 18.3 Å². The van der Waals surface area contributed by atoms with E-state index in [-0.39, 0.29) is 30.8 Å². The van der Waals surface area contributed by atoms with Crippen molar-refractivity contribution in [1.29, 1.82) is 0 Å². The standard InChI is InChI=1S/C22H22N4O5/c27-19-17-7-1-2-8-18(17)25-22(30)26(19)11-4-12-31-20(28)14-5-3-6-16(13-14)24-21(29)23-15-9-10-15/h1-3,5-8,13,15H,4,9-12H2,(H,25,30)(H2,23,24,29). The van der Waals surface area contributed by atoms with Gasteiger partial charge in [-0.2, -0.15) is 0 Å². The lowest BCUT2D eigenvalue weighted by molar-refractivity contribution is 0.0495. The van der Waals surface area contributed by atoms with E-state index in [4.69, 9.17) is 4.74 Å². The van der Waals surface area contributed by atoms with E-state index in [0.717, 1.165) is 17.4 Å². The third-order valence-electron chi connectivity index (χ3n) is 4.92. The lowest BCUT2D eigenvalue weighted by Crippen LogP contribution is -2.35. The fourth-order valence-corrected chi connectivity index (χ4v) is 3.18. The Morgan fingerprint density at radius 1 is 1.10 bits per heavy atom. The number of amides is 2. The molecule has 3 aromatic rings. The maximum Gasteiger partial charge on any atom is 0.338 e. The summed E-state index contributed by atoms with van der Waals surface area (Å²) in [5, 5.41) is 5.92. The fourth-order valence-electron chi connectivity index (χ4n) is 3.18. The number of hydrogen-bond donors (Lipinski definition) is 3. The van der Waals surface area contributed by atoms with E-state index in [2.05, 4.69) is 15.6 Å². The van der Waals surface area contributed by atoms with Crippen molar-refractivity contribution >= 4 is 28.6 Å². The number of urea groups is 1. The number of H-pyrrole nitrogens is 1. The van der Waals surface area contributed by atoms with Crippen molar-refractivity contribution in [2.24, 2.45) is 0 Å². The van der Waals surface area contributed by atoms with Crippen molar-refractivity contribution in [3.8, 4) is 0 Å². The number of rotatable bonds is 7. The molecule has 0 saturated heterocycles. The quantitative estimate of drug-likeness (QED) is 0.398. The summed E-state index contributed by atoms with van der Waals surface area (Å²) in [4.78, 5) is 51.5. The van der Waals surface area contributed by atoms with Gasteiger partial charge in [0.25, 0.3) is 5.56 Å². The summed E-state index contributed by atoms with van der Waals surface area (Å²) in [6.07, 6.45) is 2.27. The molecule has 0 radical (unpaired) electrons. The number of benzene rings is 2. The summed E-state index contributed by atoms with van der Waals surface area (Å²) in [5.74, 6) is -0.550. The Morgan fingerprint density at radius 3 is 2.71 bits per heavy atom. The van der Waals surface area contributed by atoms with E-state index < -0.39 is 11.7 Å². The van der Waals surface area contributed by atoms with Crippen LogP contribution < -0.4 is 21.9 Å². The van der Waals surface area contributed by atoms with Crippen LogP contribution in [0.4, 0.5) is 10.5 Å². The van der Waals surface area contributed by atoms with Gasteiger partial charge in [0.1, 0.15) is 0 Å². The Bertz CT molecular complexity index is 1240. The van der Waals surface area contributed by atoms with Gasteiger partial charge in [0.05, 0.1) is 23.1 Å². The summed E-state index contributed by atoms with van der Waals surface area (Å²) >= 11 is 0. The highest BCUT2D eigenvalue weighted by Crippen LogP contribution is 2.19. The molecule has 0 unspecified atom stereocenters. The topological polar surface area (TPSA) is 122 Å². The highest BCUT2D eigenvalue weighted by atomic mass is 16.5. The Hall–Kier alpha value is -3.88. The predicted molar refractivity (Wildman–Crippen MR) is 115 cm³/mol. The average molecular weight is 422 g/mol. The van der Waals surface area contributed by atoms with Crippen LogP contribution in [0.3, 0.4) is 0 Å². The predicted octanol–water partition coefficient (Wildman–Crippen LogP) is 2.22. The van der Waals surface area contributed by atoms with Crippen molar-refractivity contribution in [1.82, 2.24) is 14.9 Å². The summed E-state index contributed by atoms with van der Waals surface area (Å²) in [6, 6.07) is 13.2. The smallest absolute Gasteiger partial charge is 0.338 e. The molecule has 1 aliphatic rings. The Morgan fingerprint density at radius 2 is 1.90 bits per heavy atom. The molecule has 1 heterocycles. The molecule has 3 N–H and O–H groups in total. The van der Waals surface area contributed by atoms with Gasteiger partial charge >= 0.3 is 17.7 Å². The molecule has 31 heavy (non-hydrogen) atoms. The van der Waals surface area contributed by atoms with Crippen LogP contribution in [0.2, 0.25) is 0 Å². The van der Waals surface area contributed by atoms with Gasteiger partial charge in [0.15, 0.2) is 0 Å². The molecular weight excluding hydrogens is 400 g/mol. The van der Waals surface area contributed by atoms with E-state index in [1.165, 1.54) is 6.07 Å². The zero-order valence-electron chi connectivity index (χ0n) is 16.7. The molecule has 0 bridgehead atoms. The number of para-hydroxylation sites is 1. The van der Waals surface area contributed by atoms with Gasteiger partial charge in [-0.3, -0.25) is 9.36 Å². The largest absolute Gasteiger partial charge is 0.462 e. The molecule has 4 rings (SSSR count). The molecule has 1 fully saturated rings. The van der Waals surface area contributed by atoms with Crippen molar-refractivity contribution in [2.75, 3.05) is 11.9 Å². The van der Waals surface area contributed by atoms with E-state index in [1.54, 1.807) is 42.5 Å². The Balaban J connectivity index is 1.32. The monoisotopic (exact) mass is 422 g/mol. The van der Waals surface area contributed by atoms with Crippen LogP contribution in [-0.2, 0) is 11.3 Å². The first kappa shape index (κ1) is 20.4. The third-order valence-corrected chi connectivity index (χ3v) is 4.92. The molecule has 9 heteroatoms. The fraction of sp³-hybridized carbons (Fsp3) is 0.273. The number of aromatic amines is 1. The Kier molecular flexibility index (Phi) is 5.83. The molecule has 1 aromatic heterocycles. The van der Waals surface area contributed by atoms with E-state index in [0.29, 0.717) is 28.6 Å². The van der Waals surface area contributed by atoms with Gasteiger partial charge in [-0.15, -0.1) is 0 Å². The van der Waals surface area contributed by atoms with Gasteiger partial charge in [-0.05, 0) is 49.6 Å². The second-order valence-corrected chi connectivity index (χ2v) is 7.38. The van der Waals surface area contributed by atoms with Crippen LogP contribution in [0.5, 0.6) is 0 Å². The number of nitrogens with one attached hydrogen (secondary N) is 3. The summed E-state index contributed by atoms with van der Waals surface area (Å²) < 4.78 is 6.35. The summed E-state index contributed by atoms with van der Waals surface area (Å²) in [6.45, 7) is 0.159. The first-order valence-corrected chi connectivity index (χ1v) is 10.1. The number of fused-ring (bicyclic) bond motifs is 1. The number of hydrogen-bond acceptors (Lipinski definition) is 5. The van der Waals surface area contributed by atoms with Crippen LogP contribution in [-0.4, -0.2) is 34.2 Å². The van der Waals surface area contributed by atoms with Crippen LogP contribution >= 0.6 is 0 Å². The van der Waals surface area contributed by atoms with E-state index in [1.807, 2.05) is 0 Å². The number of carbonyl (C=O) groups excluding carboxylic acids is 2. The minimum atomic E-state index is -0.550. The lowest BCUT2D eigenvalue weighted by atomic mass is 10.2. The number of carbonyl (C=O) groups is 2. The SMILES string of the molecule is O=C(Nc1cccc(C(=O)OCCCn2c(=O)[nH]c3ccccc3c2=O)c1)NC1CC1. The maximum absolute atomic E-state index is 12.5. The molecule has 160 valence electrons. The second kappa shape index (κ2) is 8.86. The highest BCUT2D eigenvalue weighted by Gasteiger charge is 2.23. The van der Waals surface area contributed by atoms with Gasteiger partial charge < -0.3 is 20.4 Å². The molecule has 2 aromatic carbocycles. The van der Waals surface area contributed by atoms with Crippen LogP contribution in [0.1, 0.15) is 29.6 Å². The molecule has 0 aliphatic heterocycles. The van der Waals surface area contributed by atoms with Crippen LogP contribution in [0.15, 0.2) is 58.1 Å². The molecule has 1 saturated carbocycles. The first-order valence-electron chi connectivity index (χ1n) is 10.1. The minimum Gasteiger partial charge on any atom is -0.462 e. The first-order chi connectivity index (χ1) is 15.0. The van der Waals surface area contributed by atoms with Crippen molar-refractivity contribution in [3.63, 3.8) is 0 Å². The summed E-state index contributed by atoms with van der Waals surface area (Å²) in [7, 11) is 0. The number of aromatic nitrogens is 2. The third kappa shape index (κ3) is 5.00. The van der Waals surface area contributed by atoms with Crippen LogP contribution in [0, 0.1) is 0 Å². The molecule has 1 aliphatic carbocycles. The molecular formula is C22H22N4O5. The normalized spacial score (nSPS) is 13.0. The highest BCUT2D eigenvalue weighted by molar-refractivity contribution is 5.94. The Labute approximate surface area is 177 Å². The van der Waals surface area contributed by atoms with Crippen molar-refractivity contribution in [2.45, 2.75) is 31.8 Å². The number of anilines is 1. The number of esters is 1. The van der Waals surface area contributed by atoms with Crippen molar-refractivity contribution in [3.05, 3.63) is 74.9 Å². The zero-order chi connectivity index (χ0) is 21.8. The van der Waals surface area contributed by atoms with Gasteiger partial charge in [0.2, 0.25) is 0 Å². The minimum absolute atomic E-state index is 0.0391. The average Bonchev–Trinajstić information content (AvgIpc) is 3.57. The molecule has 2 amide bonds. The lowest BCUT2D eigenvalue weighted by Gasteiger charge is -2.09. The van der Waals surface area contributed by atoms with E-state index in [9.17, 15) is 19.2 Å².